The number of nitrogens with two attached hydrogens (primary N) is 1. The highest BCUT2D eigenvalue weighted by Crippen LogP contribution is 2.54. The maximum Gasteiger partial charge on any atom is 0.392 e. The molecule has 0 aromatic heterocycles. The lowest BCUT2D eigenvalue weighted by Gasteiger charge is -2.34. The summed E-state index contributed by atoms with van der Waals surface area (Å²) in [5, 5.41) is 2.14. The normalized spacial score (nSPS) is 16.3. The molecule has 0 amide bonds. The van der Waals surface area contributed by atoms with Gasteiger partial charge < -0.3 is 10.8 Å². The lowest BCUT2D eigenvalue weighted by molar-refractivity contribution is -0.349. The van der Waals surface area contributed by atoms with Crippen molar-refractivity contribution in [2.45, 2.75) is 35.6 Å². The Hall–Kier alpha value is -0.840. The van der Waals surface area contributed by atoms with Crippen LogP contribution in [0.1, 0.15) is 6.42 Å². The average molecular weight is 324 g/mol. The molecule has 0 bridgehead atoms. The van der Waals surface area contributed by atoms with Crippen LogP contribution in [0.15, 0.2) is 0 Å². The monoisotopic (exact) mass is 323 g/mol. The van der Waals surface area contributed by atoms with E-state index in [0.717, 1.165) is 0 Å². The van der Waals surface area contributed by atoms with E-state index in [1.165, 1.54) is 0 Å². The minimum absolute atomic E-state index is 2.20. The van der Waals surface area contributed by atoms with Gasteiger partial charge in [0.2, 0.25) is 0 Å². The van der Waals surface area contributed by atoms with Gasteiger partial charge in [-0.05, 0) is 11.6 Å². The Morgan fingerprint density at radius 1 is 1.05 bits per heavy atom. The van der Waals surface area contributed by atoms with Crippen LogP contribution in [0.5, 0.6) is 0 Å². The fourth-order valence-corrected chi connectivity index (χ4v) is 1.02. The Morgan fingerprint density at radius 2 is 1.42 bits per heavy atom. The first-order valence-corrected chi connectivity index (χ1v) is 4.64. The number of hydrogen-bond acceptors (Lipinski definition) is 2. The predicted octanol–water partition coefficient (Wildman–Crippen LogP) is 2.53. The van der Waals surface area contributed by atoms with Gasteiger partial charge in [-0.25, -0.2) is 0 Å². The average Bonchev–Trinajstić information content (AvgIpc) is 2.14. The van der Waals surface area contributed by atoms with Crippen LogP contribution in [0.25, 0.3) is 0 Å². The zero-order valence-electron chi connectivity index (χ0n) is 8.62. The number of hydrogen-bond donors (Lipinski definition) is 2. The second-order valence-corrected chi connectivity index (χ2v) is 3.97. The van der Waals surface area contributed by atoms with E-state index in [0.29, 0.717) is 0 Å². The maximum atomic E-state index is 12.9. The third-order valence-electron chi connectivity index (χ3n) is 2.00. The van der Waals surface area contributed by atoms with E-state index >= 15 is 0 Å². The molecular weight excluding hydrogens is 318 g/mol. The Labute approximate surface area is 105 Å². The van der Waals surface area contributed by atoms with Crippen molar-refractivity contribution in [1.29, 1.82) is 0 Å². The molecule has 0 aliphatic carbocycles. The lowest BCUT2D eigenvalue weighted by Crippen LogP contribution is -2.61. The quantitative estimate of drug-likeness (QED) is 0.583. The van der Waals surface area contributed by atoms with Crippen molar-refractivity contribution in [3.05, 3.63) is 0 Å². The summed E-state index contributed by atoms with van der Waals surface area (Å²) in [5.74, 6) is -21.2. The van der Waals surface area contributed by atoms with E-state index in [9.17, 15) is 39.9 Å². The number of carboxylic acid groups (broad SMARTS) is 1. The molecule has 3 nitrogen and oxygen atoms in total. The first kappa shape index (κ1) is 18.2. The minimum atomic E-state index is -6.61. The van der Waals surface area contributed by atoms with Crippen LogP contribution < -0.4 is 5.73 Å². The summed E-state index contributed by atoms with van der Waals surface area (Å²) in [5.41, 5.74) is 4.47. The van der Waals surface area contributed by atoms with Crippen LogP contribution >= 0.6 is 11.6 Å². The summed E-state index contributed by atoms with van der Waals surface area (Å²) >= 11 is 3.67. The number of aliphatic carboxylic acids is 1. The van der Waals surface area contributed by atoms with Gasteiger partial charge in [0.1, 0.15) is 6.04 Å². The predicted molar refractivity (Wildman–Crippen MR) is 45.9 cm³/mol. The Morgan fingerprint density at radius 3 is 1.68 bits per heavy atom. The third kappa shape index (κ3) is 3.19. The second-order valence-electron chi connectivity index (χ2n) is 3.50. The lowest BCUT2D eigenvalue weighted by atomic mass is 9.98. The van der Waals surface area contributed by atoms with Gasteiger partial charge in [-0.1, -0.05) is 0 Å². The van der Waals surface area contributed by atoms with E-state index in [-0.39, 0.29) is 0 Å². The molecule has 0 saturated heterocycles. The Balaban J connectivity index is 5.45. The number of alkyl halides is 9. The van der Waals surface area contributed by atoms with Crippen LogP contribution in [0.4, 0.5) is 35.1 Å². The molecule has 3 N–H and O–H groups in total. The van der Waals surface area contributed by atoms with E-state index in [1.807, 2.05) is 0 Å². The van der Waals surface area contributed by atoms with Crippen molar-refractivity contribution < 1.29 is 45.0 Å². The number of rotatable bonds is 6. The van der Waals surface area contributed by atoms with Crippen molar-refractivity contribution in [1.82, 2.24) is 0 Å². The molecule has 0 spiro atoms. The fraction of sp³-hybridized carbons (Fsp3) is 0.857. The molecule has 0 aliphatic rings. The van der Waals surface area contributed by atoms with Crippen molar-refractivity contribution in [3.8, 4) is 0 Å². The van der Waals surface area contributed by atoms with Gasteiger partial charge in [-0.15, -0.1) is 0 Å². The van der Waals surface area contributed by atoms with E-state index in [2.05, 4.69) is 17.3 Å². The molecule has 0 heterocycles. The molecule has 1 unspecified atom stereocenters. The third-order valence-corrected chi connectivity index (χ3v) is 2.24. The zero-order chi connectivity index (χ0) is 15.9. The second kappa shape index (κ2) is 4.93. The summed E-state index contributed by atoms with van der Waals surface area (Å²) in [6, 6.07) is -2.65. The molecule has 0 aromatic carbocycles. The summed E-state index contributed by atoms with van der Waals surface area (Å²) in [6.45, 7) is 0. The van der Waals surface area contributed by atoms with Gasteiger partial charge in [0.25, 0.3) is 0 Å². The van der Waals surface area contributed by atoms with Crippen molar-refractivity contribution in [2.24, 2.45) is 5.73 Å². The molecule has 0 aromatic rings. The van der Waals surface area contributed by atoms with Crippen molar-refractivity contribution in [3.63, 3.8) is 0 Å². The fourth-order valence-electron chi connectivity index (χ4n) is 0.899. The molecule has 0 aliphatic heterocycles. The van der Waals surface area contributed by atoms with Gasteiger partial charge in [0, 0.05) is 6.42 Å². The Kier molecular flexibility index (Phi) is 4.71. The molecular formula is C7H6ClF8NO2. The van der Waals surface area contributed by atoms with E-state index < -0.39 is 41.6 Å². The number of carboxylic acids is 1. The molecule has 12 heteroatoms. The summed E-state index contributed by atoms with van der Waals surface area (Å²) in [6.07, 6.45) is -2.47. The Bertz CT molecular complexity index is 355. The van der Waals surface area contributed by atoms with Crippen LogP contribution in [-0.2, 0) is 4.79 Å². The molecule has 1 atom stereocenters. The highest BCUT2D eigenvalue weighted by molar-refractivity contribution is 6.22. The first-order valence-electron chi connectivity index (χ1n) is 4.26. The standard InChI is InChI=1S/C7H6ClF8NO2/c8-7(15,16)6(13,14)5(11,12)4(9,10)1-2(17)3(18)19/h2H,1,17H2,(H,18,19). The molecule has 0 fully saturated rings. The molecule has 0 radical (unpaired) electrons. The van der Waals surface area contributed by atoms with Crippen LogP contribution in [0.2, 0.25) is 0 Å². The zero-order valence-corrected chi connectivity index (χ0v) is 9.37. The van der Waals surface area contributed by atoms with Crippen LogP contribution in [-0.4, -0.2) is 40.3 Å². The van der Waals surface area contributed by atoms with Crippen LogP contribution in [0.3, 0.4) is 0 Å². The van der Waals surface area contributed by atoms with Gasteiger partial charge >= 0.3 is 29.1 Å². The van der Waals surface area contributed by atoms with Gasteiger partial charge in [-0.3, -0.25) is 4.79 Å². The molecule has 19 heavy (non-hydrogen) atoms. The topological polar surface area (TPSA) is 63.3 Å². The maximum absolute atomic E-state index is 12.9. The SMILES string of the molecule is NC(CC(F)(F)C(F)(F)C(F)(F)C(F)(F)Cl)C(=O)O. The summed E-state index contributed by atoms with van der Waals surface area (Å²) < 4.78 is 101. The highest BCUT2D eigenvalue weighted by atomic mass is 35.5. The summed E-state index contributed by atoms with van der Waals surface area (Å²) in [7, 11) is 0. The minimum Gasteiger partial charge on any atom is -0.480 e. The summed E-state index contributed by atoms with van der Waals surface area (Å²) in [4.78, 5) is 10.1. The van der Waals surface area contributed by atoms with Gasteiger partial charge in [-0.2, -0.15) is 35.1 Å². The smallest absolute Gasteiger partial charge is 0.392 e. The van der Waals surface area contributed by atoms with E-state index in [4.69, 9.17) is 5.11 Å². The number of halogens is 9. The van der Waals surface area contributed by atoms with Crippen molar-refractivity contribution >= 4 is 17.6 Å². The molecule has 0 rings (SSSR count). The first-order chi connectivity index (χ1) is 8.08. The molecule has 0 saturated carbocycles. The van der Waals surface area contributed by atoms with Crippen LogP contribution in [0, 0.1) is 0 Å². The van der Waals surface area contributed by atoms with Crippen molar-refractivity contribution in [2.75, 3.05) is 0 Å². The van der Waals surface area contributed by atoms with Gasteiger partial charge in [0.15, 0.2) is 0 Å². The largest absolute Gasteiger partial charge is 0.480 e. The highest BCUT2D eigenvalue weighted by Gasteiger charge is 2.80. The van der Waals surface area contributed by atoms with E-state index in [1.54, 1.807) is 0 Å². The number of carbonyl (C=O) groups is 1. The molecule has 114 valence electrons. The van der Waals surface area contributed by atoms with Gasteiger partial charge in [0.05, 0.1) is 0 Å².